The van der Waals surface area contributed by atoms with Gasteiger partial charge in [0.1, 0.15) is 0 Å². The van der Waals surface area contributed by atoms with Gasteiger partial charge in [-0.25, -0.2) is 8.42 Å². The van der Waals surface area contributed by atoms with Gasteiger partial charge in [0, 0.05) is 24.1 Å². The van der Waals surface area contributed by atoms with Crippen molar-refractivity contribution in [3.8, 4) is 0 Å². The van der Waals surface area contributed by atoms with Gasteiger partial charge in [-0.1, -0.05) is 6.07 Å². The van der Waals surface area contributed by atoms with Crippen molar-refractivity contribution in [3.63, 3.8) is 0 Å². The van der Waals surface area contributed by atoms with Gasteiger partial charge >= 0.3 is 0 Å². The summed E-state index contributed by atoms with van der Waals surface area (Å²) in [4.78, 5) is 2.04. The summed E-state index contributed by atoms with van der Waals surface area (Å²) in [5.74, 6) is 0.537. The summed E-state index contributed by atoms with van der Waals surface area (Å²) in [5, 5.41) is 0. The summed E-state index contributed by atoms with van der Waals surface area (Å²) in [5.41, 5.74) is 7.65. The van der Waals surface area contributed by atoms with Gasteiger partial charge in [0.25, 0.3) is 0 Å². The fraction of sp³-hybridized carbons (Fsp3) is 0.500. The smallest absolute Gasteiger partial charge is 0.152 e. The lowest BCUT2D eigenvalue weighted by Crippen LogP contribution is -2.32. The maximum absolute atomic E-state index is 11.5. The Labute approximate surface area is 116 Å². The van der Waals surface area contributed by atoms with Gasteiger partial charge in [-0.15, -0.1) is 0 Å². The molecule has 2 N–H and O–H groups in total. The van der Waals surface area contributed by atoms with Gasteiger partial charge in [0.2, 0.25) is 0 Å². The lowest BCUT2D eigenvalue weighted by atomic mass is 10.1. The highest BCUT2D eigenvalue weighted by molar-refractivity contribution is 9.10. The maximum Gasteiger partial charge on any atom is 0.152 e. The van der Waals surface area contributed by atoms with Crippen LogP contribution in [0.2, 0.25) is 0 Å². The number of sulfone groups is 1. The molecule has 1 saturated heterocycles. The Morgan fingerprint density at radius 1 is 1.50 bits per heavy atom. The topological polar surface area (TPSA) is 63.4 Å². The minimum atomic E-state index is -2.85. The summed E-state index contributed by atoms with van der Waals surface area (Å²) >= 11 is 3.52. The average Bonchev–Trinajstić information content (AvgIpc) is 2.68. The number of nitrogens with zero attached hydrogens (tertiary/aromatic N) is 1. The second kappa shape index (κ2) is 5.19. The second-order valence-electron chi connectivity index (χ2n) is 4.66. The van der Waals surface area contributed by atoms with Crippen LogP contribution in [0.5, 0.6) is 0 Å². The van der Waals surface area contributed by atoms with Crippen LogP contribution >= 0.6 is 15.9 Å². The van der Waals surface area contributed by atoms with E-state index in [1.54, 1.807) is 0 Å². The SMILES string of the molecule is CN(c1ccc(CN)cc1Br)C1CCS(=O)(=O)C1. The summed E-state index contributed by atoms with van der Waals surface area (Å²) in [7, 11) is -0.913. The zero-order valence-corrected chi connectivity index (χ0v) is 12.7. The molecule has 100 valence electrons. The number of rotatable bonds is 3. The van der Waals surface area contributed by atoms with Crippen molar-refractivity contribution in [1.82, 2.24) is 0 Å². The van der Waals surface area contributed by atoms with Crippen molar-refractivity contribution in [2.75, 3.05) is 23.5 Å². The molecule has 0 saturated carbocycles. The zero-order valence-electron chi connectivity index (χ0n) is 10.3. The molecular weight excluding hydrogens is 316 g/mol. The van der Waals surface area contributed by atoms with Gasteiger partial charge in [0.05, 0.1) is 17.2 Å². The molecule has 0 bridgehead atoms. The zero-order chi connectivity index (χ0) is 13.3. The largest absolute Gasteiger partial charge is 0.370 e. The van der Waals surface area contributed by atoms with Crippen LogP contribution in [-0.4, -0.2) is 33.0 Å². The minimum Gasteiger partial charge on any atom is -0.370 e. The van der Waals surface area contributed by atoms with Crippen molar-refractivity contribution in [1.29, 1.82) is 0 Å². The number of benzene rings is 1. The van der Waals surface area contributed by atoms with Crippen LogP contribution in [-0.2, 0) is 16.4 Å². The van der Waals surface area contributed by atoms with E-state index in [2.05, 4.69) is 15.9 Å². The van der Waals surface area contributed by atoms with Crippen molar-refractivity contribution in [2.45, 2.75) is 19.0 Å². The van der Waals surface area contributed by atoms with Gasteiger partial charge in [-0.05, 0) is 40.0 Å². The molecule has 2 rings (SSSR count). The number of anilines is 1. The Balaban J connectivity index is 2.21. The molecule has 1 aromatic rings. The molecule has 1 aromatic carbocycles. The average molecular weight is 333 g/mol. The Morgan fingerprint density at radius 3 is 2.72 bits per heavy atom. The van der Waals surface area contributed by atoms with E-state index in [0.29, 0.717) is 18.7 Å². The van der Waals surface area contributed by atoms with Gasteiger partial charge in [-0.2, -0.15) is 0 Å². The standard InChI is InChI=1S/C12H17BrN2O2S/c1-15(10-4-5-18(16,17)8-10)12-3-2-9(7-14)6-11(12)13/h2-3,6,10H,4-5,7-8,14H2,1H3. The molecule has 0 spiro atoms. The first-order valence-electron chi connectivity index (χ1n) is 5.85. The monoisotopic (exact) mass is 332 g/mol. The van der Waals surface area contributed by atoms with E-state index in [4.69, 9.17) is 5.73 Å². The second-order valence-corrected chi connectivity index (χ2v) is 7.74. The van der Waals surface area contributed by atoms with Gasteiger partial charge < -0.3 is 10.6 Å². The quantitative estimate of drug-likeness (QED) is 0.911. The molecule has 0 aromatic heterocycles. The van der Waals surface area contributed by atoms with Crippen LogP contribution in [0.15, 0.2) is 22.7 Å². The predicted octanol–water partition coefficient (Wildman–Crippen LogP) is 1.53. The molecule has 0 amide bonds. The lowest BCUT2D eigenvalue weighted by molar-refractivity contribution is 0.601. The summed E-state index contributed by atoms with van der Waals surface area (Å²) in [6.45, 7) is 0.500. The van der Waals surface area contributed by atoms with Crippen LogP contribution in [0.1, 0.15) is 12.0 Å². The first kappa shape index (κ1) is 13.8. The Bertz CT molecular complexity index is 545. The van der Waals surface area contributed by atoms with Gasteiger partial charge in [0.15, 0.2) is 9.84 Å². The first-order chi connectivity index (χ1) is 8.43. The lowest BCUT2D eigenvalue weighted by Gasteiger charge is -2.27. The number of nitrogens with two attached hydrogens (primary N) is 1. The third-order valence-electron chi connectivity index (χ3n) is 3.38. The molecule has 1 aliphatic heterocycles. The summed E-state index contributed by atoms with van der Waals surface area (Å²) < 4.78 is 24.0. The molecule has 1 fully saturated rings. The molecule has 18 heavy (non-hydrogen) atoms. The van der Waals surface area contributed by atoms with E-state index in [9.17, 15) is 8.42 Å². The van der Waals surface area contributed by atoms with Crippen molar-refractivity contribution in [2.24, 2.45) is 5.73 Å². The van der Waals surface area contributed by atoms with E-state index < -0.39 is 9.84 Å². The fourth-order valence-electron chi connectivity index (χ4n) is 2.24. The number of hydrogen-bond donors (Lipinski definition) is 1. The van der Waals surface area contributed by atoms with Crippen molar-refractivity contribution in [3.05, 3.63) is 28.2 Å². The Morgan fingerprint density at radius 2 is 2.22 bits per heavy atom. The summed E-state index contributed by atoms with van der Waals surface area (Å²) in [6, 6.07) is 6.00. The van der Waals surface area contributed by atoms with E-state index >= 15 is 0 Å². The molecule has 4 nitrogen and oxygen atoms in total. The molecule has 1 aliphatic rings. The van der Waals surface area contributed by atoms with E-state index in [1.165, 1.54) is 0 Å². The van der Waals surface area contributed by atoms with Crippen molar-refractivity contribution < 1.29 is 8.42 Å². The highest BCUT2D eigenvalue weighted by Crippen LogP contribution is 2.30. The summed E-state index contributed by atoms with van der Waals surface area (Å²) in [6.07, 6.45) is 0.698. The normalized spacial score (nSPS) is 22.1. The Kier molecular flexibility index (Phi) is 3.99. The maximum atomic E-state index is 11.5. The molecular formula is C12H17BrN2O2S. The number of halogens is 1. The van der Waals surface area contributed by atoms with Crippen LogP contribution in [0.4, 0.5) is 5.69 Å². The van der Waals surface area contributed by atoms with E-state index in [1.807, 2.05) is 30.1 Å². The molecule has 1 unspecified atom stereocenters. The van der Waals surface area contributed by atoms with Gasteiger partial charge in [-0.3, -0.25) is 0 Å². The molecule has 1 atom stereocenters. The highest BCUT2D eigenvalue weighted by atomic mass is 79.9. The van der Waals surface area contributed by atoms with Crippen LogP contribution in [0.3, 0.4) is 0 Å². The van der Waals surface area contributed by atoms with E-state index in [-0.39, 0.29) is 11.8 Å². The highest BCUT2D eigenvalue weighted by Gasteiger charge is 2.31. The predicted molar refractivity (Wildman–Crippen MR) is 77.5 cm³/mol. The third-order valence-corrected chi connectivity index (χ3v) is 5.77. The molecule has 1 heterocycles. The number of hydrogen-bond acceptors (Lipinski definition) is 4. The molecule has 6 heteroatoms. The van der Waals surface area contributed by atoms with Crippen LogP contribution < -0.4 is 10.6 Å². The van der Waals surface area contributed by atoms with Crippen LogP contribution in [0, 0.1) is 0 Å². The van der Waals surface area contributed by atoms with Crippen molar-refractivity contribution >= 4 is 31.5 Å². The van der Waals surface area contributed by atoms with E-state index in [0.717, 1.165) is 15.7 Å². The minimum absolute atomic E-state index is 0.0648. The molecule has 0 aliphatic carbocycles. The fourth-order valence-corrected chi connectivity index (χ4v) is 4.72. The van der Waals surface area contributed by atoms with Crippen LogP contribution in [0.25, 0.3) is 0 Å². The Hall–Kier alpha value is -0.590. The third kappa shape index (κ3) is 2.87. The molecule has 0 radical (unpaired) electrons. The first-order valence-corrected chi connectivity index (χ1v) is 8.46.